The van der Waals surface area contributed by atoms with E-state index in [1.165, 1.54) is 10.5 Å². The number of fused-ring (bicyclic) bond motifs is 1. The molecule has 2 heterocycles. The van der Waals surface area contributed by atoms with Crippen LogP contribution in [0.2, 0.25) is 0 Å². The van der Waals surface area contributed by atoms with E-state index in [1.807, 2.05) is 19.1 Å². The summed E-state index contributed by atoms with van der Waals surface area (Å²) in [6.07, 6.45) is 0. The molecule has 6 heteroatoms. The molecular formula is C14H15N5S. The van der Waals surface area contributed by atoms with Gasteiger partial charge in [-0.1, -0.05) is 30.0 Å². The van der Waals surface area contributed by atoms with Crippen LogP contribution in [0.15, 0.2) is 34.2 Å². The topological polar surface area (TPSA) is 93.6 Å². The molecule has 2 aromatic heterocycles. The lowest BCUT2D eigenvalue weighted by Crippen LogP contribution is -1.99. The first kappa shape index (κ1) is 12.8. The van der Waals surface area contributed by atoms with Gasteiger partial charge in [0.25, 0.3) is 0 Å². The molecule has 0 unspecified atom stereocenters. The molecule has 0 aliphatic carbocycles. The quantitative estimate of drug-likeness (QED) is 0.673. The first-order chi connectivity index (χ1) is 9.56. The Balaban J connectivity index is 2.11. The van der Waals surface area contributed by atoms with Crippen molar-refractivity contribution < 1.29 is 0 Å². The number of nitrogens with zero attached hydrogens (tertiary/aromatic N) is 2. The first-order valence-corrected chi connectivity index (χ1v) is 7.02. The fourth-order valence-electron chi connectivity index (χ4n) is 2.15. The number of H-pyrrole nitrogens is 1. The number of nitrogens with two attached hydrogens (primary N) is 2. The van der Waals surface area contributed by atoms with E-state index in [0.29, 0.717) is 11.5 Å². The Bertz CT molecular complexity index is 794. The summed E-state index contributed by atoms with van der Waals surface area (Å²) < 4.78 is 0. The molecule has 0 aliphatic heterocycles. The van der Waals surface area contributed by atoms with E-state index in [-0.39, 0.29) is 5.95 Å². The van der Waals surface area contributed by atoms with E-state index in [9.17, 15) is 0 Å². The Labute approximate surface area is 120 Å². The highest BCUT2D eigenvalue weighted by molar-refractivity contribution is 7.99. The minimum atomic E-state index is 0.184. The summed E-state index contributed by atoms with van der Waals surface area (Å²) in [6.45, 7) is 4.10. The molecule has 5 nitrogen and oxygen atoms in total. The highest BCUT2D eigenvalue weighted by Crippen LogP contribution is 2.36. The van der Waals surface area contributed by atoms with Gasteiger partial charge in [-0.05, 0) is 31.0 Å². The molecule has 0 amide bonds. The molecule has 0 aliphatic rings. The second kappa shape index (κ2) is 4.72. The molecule has 5 N–H and O–H groups in total. The molecular weight excluding hydrogens is 270 g/mol. The summed E-state index contributed by atoms with van der Waals surface area (Å²) in [7, 11) is 0. The van der Waals surface area contributed by atoms with Crippen molar-refractivity contribution in [3.05, 3.63) is 35.4 Å². The van der Waals surface area contributed by atoms with Crippen molar-refractivity contribution in [1.29, 1.82) is 0 Å². The predicted octanol–water partition coefficient (Wildman–Crippen LogP) is 2.89. The monoisotopic (exact) mass is 285 g/mol. The number of hydrogen-bond donors (Lipinski definition) is 3. The van der Waals surface area contributed by atoms with Gasteiger partial charge >= 0.3 is 0 Å². The molecule has 102 valence electrons. The molecule has 0 atom stereocenters. The van der Waals surface area contributed by atoms with Gasteiger partial charge < -0.3 is 16.5 Å². The van der Waals surface area contributed by atoms with Gasteiger partial charge in [-0.2, -0.15) is 9.97 Å². The zero-order valence-electron chi connectivity index (χ0n) is 11.3. The number of aromatic nitrogens is 3. The van der Waals surface area contributed by atoms with Crippen molar-refractivity contribution >= 4 is 34.6 Å². The number of rotatable bonds is 2. The summed E-state index contributed by atoms with van der Waals surface area (Å²) >= 11 is 1.66. The van der Waals surface area contributed by atoms with Crippen LogP contribution in [0.25, 0.3) is 11.0 Å². The number of nitrogens with one attached hydrogen (secondary N) is 1. The SMILES string of the molecule is Cc1ccccc1Sc1[nH]c2nc(N)nc(N)c2c1C. The fraction of sp³-hybridized carbons (Fsp3) is 0.143. The average molecular weight is 285 g/mol. The third-order valence-corrected chi connectivity index (χ3v) is 4.50. The number of nitrogen functional groups attached to an aromatic ring is 2. The number of aryl methyl sites for hydroxylation is 2. The van der Waals surface area contributed by atoms with Crippen LogP contribution in [-0.2, 0) is 0 Å². The third kappa shape index (κ3) is 2.08. The van der Waals surface area contributed by atoms with E-state index in [4.69, 9.17) is 11.5 Å². The average Bonchev–Trinajstić information content (AvgIpc) is 2.69. The largest absolute Gasteiger partial charge is 0.383 e. The predicted molar refractivity (Wildman–Crippen MR) is 82.8 cm³/mol. The van der Waals surface area contributed by atoms with Gasteiger partial charge in [0, 0.05) is 4.90 Å². The van der Waals surface area contributed by atoms with Gasteiger partial charge in [-0.15, -0.1) is 0 Å². The number of benzene rings is 1. The van der Waals surface area contributed by atoms with Crippen molar-refractivity contribution in [3.8, 4) is 0 Å². The van der Waals surface area contributed by atoms with Gasteiger partial charge in [0.15, 0.2) is 0 Å². The van der Waals surface area contributed by atoms with Gasteiger partial charge in [-0.3, -0.25) is 0 Å². The smallest absolute Gasteiger partial charge is 0.223 e. The lowest BCUT2D eigenvalue weighted by molar-refractivity contribution is 1.15. The van der Waals surface area contributed by atoms with Crippen LogP contribution in [0.1, 0.15) is 11.1 Å². The molecule has 3 aromatic rings. The van der Waals surface area contributed by atoms with E-state index < -0.39 is 0 Å². The van der Waals surface area contributed by atoms with E-state index in [0.717, 1.165) is 16.0 Å². The third-order valence-electron chi connectivity index (χ3n) is 3.21. The standard InChI is InChI=1S/C14H15N5S/c1-7-5-3-4-6-9(7)20-13-8(2)10-11(15)17-14(16)19-12(10)18-13/h3-6H,1-2H3,(H5,15,16,17,18,19). The Hall–Kier alpha value is -2.21. The van der Waals surface area contributed by atoms with Crippen LogP contribution in [0.4, 0.5) is 11.8 Å². The van der Waals surface area contributed by atoms with Crippen LogP contribution < -0.4 is 11.5 Å². The molecule has 0 radical (unpaired) electrons. The maximum absolute atomic E-state index is 5.93. The highest BCUT2D eigenvalue weighted by Gasteiger charge is 2.14. The molecule has 20 heavy (non-hydrogen) atoms. The van der Waals surface area contributed by atoms with Crippen LogP contribution in [0.5, 0.6) is 0 Å². The Morgan fingerprint density at radius 1 is 1.10 bits per heavy atom. The van der Waals surface area contributed by atoms with Crippen LogP contribution >= 0.6 is 11.8 Å². The van der Waals surface area contributed by atoms with Crippen molar-refractivity contribution in [2.75, 3.05) is 11.5 Å². The first-order valence-electron chi connectivity index (χ1n) is 6.21. The summed E-state index contributed by atoms with van der Waals surface area (Å²) in [5.41, 5.74) is 14.5. The number of aromatic amines is 1. The van der Waals surface area contributed by atoms with Crippen molar-refractivity contribution in [2.24, 2.45) is 0 Å². The zero-order valence-corrected chi connectivity index (χ0v) is 12.1. The Morgan fingerprint density at radius 2 is 1.85 bits per heavy atom. The molecule has 3 rings (SSSR count). The van der Waals surface area contributed by atoms with Gasteiger partial charge in [-0.25, -0.2) is 0 Å². The maximum Gasteiger partial charge on any atom is 0.223 e. The van der Waals surface area contributed by atoms with Gasteiger partial charge in [0.05, 0.1) is 10.4 Å². The molecule has 0 saturated carbocycles. The normalized spacial score (nSPS) is 11.1. The lowest BCUT2D eigenvalue weighted by Gasteiger charge is -2.04. The second-order valence-corrected chi connectivity index (χ2v) is 5.69. The molecule has 0 spiro atoms. The summed E-state index contributed by atoms with van der Waals surface area (Å²) in [4.78, 5) is 12.7. The van der Waals surface area contributed by atoms with Crippen molar-refractivity contribution in [1.82, 2.24) is 15.0 Å². The Morgan fingerprint density at radius 3 is 2.60 bits per heavy atom. The zero-order chi connectivity index (χ0) is 14.3. The molecule has 0 bridgehead atoms. The second-order valence-electron chi connectivity index (χ2n) is 4.64. The van der Waals surface area contributed by atoms with Crippen LogP contribution in [-0.4, -0.2) is 15.0 Å². The van der Waals surface area contributed by atoms with E-state index in [2.05, 4.69) is 34.0 Å². The minimum absolute atomic E-state index is 0.184. The molecule has 0 saturated heterocycles. The van der Waals surface area contributed by atoms with Gasteiger partial charge in [0.1, 0.15) is 11.5 Å². The van der Waals surface area contributed by atoms with Gasteiger partial charge in [0.2, 0.25) is 5.95 Å². The van der Waals surface area contributed by atoms with Crippen LogP contribution in [0.3, 0.4) is 0 Å². The van der Waals surface area contributed by atoms with E-state index >= 15 is 0 Å². The number of anilines is 2. The summed E-state index contributed by atoms with van der Waals surface area (Å²) in [6, 6.07) is 8.24. The van der Waals surface area contributed by atoms with Crippen LogP contribution in [0, 0.1) is 13.8 Å². The highest BCUT2D eigenvalue weighted by atomic mass is 32.2. The molecule has 0 fully saturated rings. The summed E-state index contributed by atoms with van der Waals surface area (Å²) in [5, 5.41) is 1.86. The Kier molecular flexibility index (Phi) is 3.02. The molecule has 1 aromatic carbocycles. The van der Waals surface area contributed by atoms with Crippen molar-refractivity contribution in [3.63, 3.8) is 0 Å². The summed E-state index contributed by atoms with van der Waals surface area (Å²) in [5.74, 6) is 0.599. The minimum Gasteiger partial charge on any atom is -0.383 e. The lowest BCUT2D eigenvalue weighted by atomic mass is 10.2. The van der Waals surface area contributed by atoms with E-state index in [1.54, 1.807) is 11.8 Å². The fourth-order valence-corrected chi connectivity index (χ4v) is 3.15. The number of hydrogen-bond acceptors (Lipinski definition) is 5. The van der Waals surface area contributed by atoms with Crippen molar-refractivity contribution in [2.45, 2.75) is 23.8 Å². The maximum atomic E-state index is 5.93.